The van der Waals surface area contributed by atoms with Crippen molar-refractivity contribution in [3.8, 4) is 0 Å². The van der Waals surface area contributed by atoms with Crippen LogP contribution in [0.4, 0.5) is 0 Å². The molecule has 2 aromatic rings. The smallest absolute Gasteiger partial charge is 0.254 e. The van der Waals surface area contributed by atoms with Gasteiger partial charge in [0.05, 0.1) is 6.54 Å². The van der Waals surface area contributed by atoms with Gasteiger partial charge in [-0.3, -0.25) is 9.59 Å². The summed E-state index contributed by atoms with van der Waals surface area (Å²) in [6.45, 7) is 7.93. The minimum Gasteiger partial charge on any atom is -0.310 e. The predicted octanol–water partition coefficient (Wildman–Crippen LogP) is 5.33. The monoisotopic (exact) mass is 363 g/mol. The maximum absolute atomic E-state index is 12.9. The van der Waals surface area contributed by atoms with Crippen molar-refractivity contribution < 1.29 is 4.79 Å². The zero-order chi connectivity index (χ0) is 19.5. The van der Waals surface area contributed by atoms with Gasteiger partial charge in [-0.25, -0.2) is 0 Å². The molecule has 1 heterocycles. The van der Waals surface area contributed by atoms with Gasteiger partial charge in [0.25, 0.3) is 5.56 Å². The standard InChI is InChI=1S/C24H29NO2/c1-3-5-7-12-16-23(26)22-17-21(15-9-6-4-2)24(27)25(19-22)18-20-13-10-8-11-14-20/h3-4,8,10-11,13-14,17,19H,1-2,5-7,9,12,15-16,18H2. The van der Waals surface area contributed by atoms with Crippen molar-refractivity contribution in [3.05, 3.63) is 94.9 Å². The van der Waals surface area contributed by atoms with Gasteiger partial charge >= 0.3 is 0 Å². The van der Waals surface area contributed by atoms with E-state index in [9.17, 15) is 9.59 Å². The highest BCUT2D eigenvalue weighted by Crippen LogP contribution is 2.12. The molecule has 0 saturated carbocycles. The van der Waals surface area contributed by atoms with Gasteiger partial charge in [-0.2, -0.15) is 0 Å². The highest BCUT2D eigenvalue weighted by Gasteiger charge is 2.12. The number of pyridine rings is 1. The third-order valence-corrected chi connectivity index (χ3v) is 4.59. The van der Waals surface area contributed by atoms with Crippen LogP contribution in [0.5, 0.6) is 0 Å². The van der Waals surface area contributed by atoms with E-state index in [1.165, 1.54) is 0 Å². The van der Waals surface area contributed by atoms with Crippen molar-refractivity contribution in [2.24, 2.45) is 0 Å². The van der Waals surface area contributed by atoms with Crippen LogP contribution in [0.3, 0.4) is 0 Å². The molecule has 0 N–H and O–H groups in total. The normalized spacial score (nSPS) is 10.5. The van der Waals surface area contributed by atoms with Crippen LogP contribution in [-0.4, -0.2) is 10.4 Å². The topological polar surface area (TPSA) is 39.1 Å². The number of rotatable bonds is 12. The highest BCUT2D eigenvalue weighted by atomic mass is 16.1. The fourth-order valence-electron chi connectivity index (χ4n) is 3.08. The van der Waals surface area contributed by atoms with Gasteiger partial charge in [0.15, 0.2) is 5.78 Å². The molecule has 0 spiro atoms. The van der Waals surface area contributed by atoms with Gasteiger partial charge in [-0.1, -0.05) is 42.5 Å². The second kappa shape index (κ2) is 11.1. The van der Waals surface area contributed by atoms with E-state index in [0.29, 0.717) is 30.5 Å². The van der Waals surface area contributed by atoms with E-state index in [1.54, 1.807) is 16.8 Å². The van der Waals surface area contributed by atoms with Crippen LogP contribution < -0.4 is 5.56 Å². The van der Waals surface area contributed by atoms with Gasteiger partial charge in [0.2, 0.25) is 0 Å². The van der Waals surface area contributed by atoms with E-state index in [4.69, 9.17) is 0 Å². The molecule has 1 aromatic heterocycles. The molecule has 27 heavy (non-hydrogen) atoms. The number of Topliss-reactive ketones (excluding diaryl/α,β-unsaturated/α-hetero) is 1. The van der Waals surface area contributed by atoms with Crippen molar-refractivity contribution in [1.82, 2.24) is 4.57 Å². The molecule has 0 aliphatic rings. The Kier molecular flexibility index (Phi) is 8.50. The molecule has 1 aromatic carbocycles. The molecule has 0 atom stereocenters. The Balaban J connectivity index is 2.26. The van der Waals surface area contributed by atoms with Crippen molar-refractivity contribution >= 4 is 5.78 Å². The zero-order valence-electron chi connectivity index (χ0n) is 16.0. The Morgan fingerprint density at radius 1 is 1.00 bits per heavy atom. The third kappa shape index (κ3) is 6.52. The van der Waals surface area contributed by atoms with Crippen LogP contribution in [0, 0.1) is 0 Å². The van der Waals surface area contributed by atoms with Gasteiger partial charge in [0, 0.05) is 23.7 Å². The van der Waals surface area contributed by atoms with Crippen LogP contribution >= 0.6 is 0 Å². The quantitative estimate of drug-likeness (QED) is 0.290. The lowest BCUT2D eigenvalue weighted by Crippen LogP contribution is -2.25. The van der Waals surface area contributed by atoms with Gasteiger partial charge in [0.1, 0.15) is 0 Å². The molecule has 0 bridgehead atoms. The van der Waals surface area contributed by atoms with E-state index < -0.39 is 0 Å². The van der Waals surface area contributed by atoms with Gasteiger partial charge in [-0.05, 0) is 50.2 Å². The summed E-state index contributed by atoms with van der Waals surface area (Å²) in [6, 6.07) is 11.7. The third-order valence-electron chi connectivity index (χ3n) is 4.59. The number of benzene rings is 1. The Hall–Kier alpha value is -2.68. The fraction of sp³-hybridized carbons (Fsp3) is 0.333. The van der Waals surface area contributed by atoms with Crippen molar-refractivity contribution in [1.29, 1.82) is 0 Å². The summed E-state index contributed by atoms with van der Waals surface area (Å²) in [7, 11) is 0. The summed E-state index contributed by atoms with van der Waals surface area (Å²) in [5.74, 6) is 0.103. The molecule has 2 rings (SSSR count). The van der Waals surface area contributed by atoms with Gasteiger partial charge in [-0.15, -0.1) is 13.2 Å². The average Bonchev–Trinajstić information content (AvgIpc) is 2.68. The van der Waals surface area contributed by atoms with Crippen LogP contribution in [0.25, 0.3) is 0 Å². The number of allylic oxidation sites excluding steroid dienone is 2. The Bertz CT molecular complexity index is 818. The first kappa shape index (κ1) is 20.6. The maximum Gasteiger partial charge on any atom is 0.254 e. The van der Waals surface area contributed by atoms with Crippen LogP contribution in [-0.2, 0) is 13.0 Å². The molecular formula is C24H29NO2. The zero-order valence-corrected chi connectivity index (χ0v) is 16.0. The fourth-order valence-corrected chi connectivity index (χ4v) is 3.08. The number of unbranched alkanes of at least 4 members (excludes halogenated alkanes) is 3. The molecule has 3 heteroatoms. The van der Waals surface area contributed by atoms with E-state index in [2.05, 4.69) is 13.2 Å². The lowest BCUT2D eigenvalue weighted by atomic mass is 10.0. The minimum absolute atomic E-state index is 0.00822. The van der Waals surface area contributed by atoms with Crippen LogP contribution in [0.1, 0.15) is 60.0 Å². The summed E-state index contributed by atoms with van der Waals surface area (Å²) < 4.78 is 1.68. The molecule has 0 saturated heterocycles. The SMILES string of the molecule is C=CCCCCC(=O)c1cc(CCCC=C)c(=O)n(Cc2ccccc2)c1. The predicted molar refractivity (Wildman–Crippen MR) is 112 cm³/mol. The van der Waals surface area contributed by atoms with Crippen molar-refractivity contribution in [3.63, 3.8) is 0 Å². The highest BCUT2D eigenvalue weighted by molar-refractivity contribution is 5.95. The lowest BCUT2D eigenvalue weighted by Gasteiger charge is -2.12. The summed E-state index contributed by atoms with van der Waals surface area (Å²) in [5, 5.41) is 0. The molecule has 0 amide bonds. The summed E-state index contributed by atoms with van der Waals surface area (Å²) in [5.41, 5.74) is 2.39. The first-order valence-electron chi connectivity index (χ1n) is 9.68. The molecule has 0 radical (unpaired) electrons. The first-order chi connectivity index (χ1) is 13.2. The first-order valence-corrected chi connectivity index (χ1v) is 9.68. The summed E-state index contributed by atoms with van der Waals surface area (Å²) in [4.78, 5) is 25.5. The van der Waals surface area contributed by atoms with E-state index in [-0.39, 0.29) is 11.3 Å². The van der Waals surface area contributed by atoms with E-state index >= 15 is 0 Å². The number of carbonyl (C=O) groups excluding carboxylic acids is 1. The van der Waals surface area contributed by atoms with E-state index in [1.807, 2.05) is 42.5 Å². The second-order valence-electron chi connectivity index (χ2n) is 6.81. The molecular weight excluding hydrogens is 334 g/mol. The Morgan fingerprint density at radius 3 is 2.41 bits per heavy atom. The number of aromatic nitrogens is 1. The number of carbonyl (C=O) groups is 1. The van der Waals surface area contributed by atoms with Crippen LogP contribution in [0.15, 0.2) is 72.7 Å². The Labute approximate surface area is 162 Å². The summed E-state index contributed by atoms with van der Waals surface area (Å²) in [6.07, 6.45) is 11.1. The molecule has 0 aliphatic heterocycles. The minimum atomic E-state index is -0.00822. The Morgan fingerprint density at radius 2 is 1.70 bits per heavy atom. The molecule has 0 unspecified atom stereocenters. The van der Waals surface area contributed by atoms with E-state index in [0.717, 1.165) is 37.7 Å². The number of hydrogen-bond acceptors (Lipinski definition) is 2. The number of nitrogens with zero attached hydrogens (tertiary/aromatic N) is 1. The molecule has 3 nitrogen and oxygen atoms in total. The maximum atomic E-state index is 12.9. The van der Waals surface area contributed by atoms with Crippen LogP contribution in [0.2, 0.25) is 0 Å². The number of ketones is 1. The lowest BCUT2D eigenvalue weighted by molar-refractivity contribution is 0.0978. The summed E-state index contributed by atoms with van der Waals surface area (Å²) >= 11 is 0. The van der Waals surface area contributed by atoms with Gasteiger partial charge < -0.3 is 4.57 Å². The number of hydrogen-bond donors (Lipinski definition) is 0. The van der Waals surface area contributed by atoms with Crippen molar-refractivity contribution in [2.75, 3.05) is 0 Å². The molecule has 0 fully saturated rings. The molecule has 142 valence electrons. The number of aryl methyl sites for hydroxylation is 1. The molecule has 0 aliphatic carbocycles. The average molecular weight is 364 g/mol. The second-order valence-corrected chi connectivity index (χ2v) is 6.81. The largest absolute Gasteiger partial charge is 0.310 e. The van der Waals surface area contributed by atoms with Crippen molar-refractivity contribution in [2.45, 2.75) is 51.5 Å².